The second-order valence-corrected chi connectivity index (χ2v) is 7.80. The van der Waals surface area contributed by atoms with Gasteiger partial charge in [-0.15, -0.1) is 0 Å². The monoisotopic (exact) mass is 419 g/mol. The normalized spacial score (nSPS) is 16.2. The minimum Gasteiger partial charge on any atom is -0.342 e. The third kappa shape index (κ3) is 5.23. The maximum Gasteiger partial charge on any atom is 0.222 e. The Kier molecular flexibility index (Phi) is 6.50. The van der Waals surface area contributed by atoms with Crippen LogP contribution in [0.15, 0.2) is 54.9 Å². The summed E-state index contributed by atoms with van der Waals surface area (Å²) in [6, 6.07) is 11.9. The molecule has 1 N–H and O–H groups in total. The molecule has 160 valence electrons. The average molecular weight is 420 g/mol. The molecule has 31 heavy (non-hydrogen) atoms. The summed E-state index contributed by atoms with van der Waals surface area (Å²) in [4.78, 5) is 28.0. The Morgan fingerprint density at radius 3 is 2.81 bits per heavy atom. The lowest BCUT2D eigenvalue weighted by molar-refractivity contribution is -0.132. The lowest BCUT2D eigenvalue weighted by Crippen LogP contribution is -2.39. The first kappa shape index (κ1) is 20.9. The van der Waals surface area contributed by atoms with Crippen molar-refractivity contribution in [2.75, 3.05) is 18.4 Å². The molecule has 1 amide bonds. The van der Waals surface area contributed by atoms with Crippen molar-refractivity contribution in [3.63, 3.8) is 0 Å². The summed E-state index contributed by atoms with van der Waals surface area (Å²) in [7, 11) is 0. The van der Waals surface area contributed by atoms with E-state index in [1.807, 2.05) is 30.0 Å². The van der Waals surface area contributed by atoms with E-state index in [1.54, 1.807) is 24.5 Å². The molecule has 0 spiro atoms. The fourth-order valence-corrected chi connectivity index (χ4v) is 3.88. The van der Waals surface area contributed by atoms with E-state index in [9.17, 15) is 9.18 Å². The Bertz CT molecular complexity index is 1040. The van der Waals surface area contributed by atoms with E-state index >= 15 is 0 Å². The average Bonchev–Trinajstić information content (AvgIpc) is 2.80. The first-order valence-electron chi connectivity index (χ1n) is 10.7. The van der Waals surface area contributed by atoms with Gasteiger partial charge in [0.1, 0.15) is 17.5 Å². The molecule has 3 aromatic rings. The number of nitrogens with one attached hydrogen (secondary N) is 1. The van der Waals surface area contributed by atoms with Crippen molar-refractivity contribution >= 4 is 17.4 Å². The van der Waals surface area contributed by atoms with Crippen LogP contribution in [0.4, 0.5) is 15.9 Å². The van der Waals surface area contributed by atoms with E-state index in [1.165, 1.54) is 12.1 Å². The van der Waals surface area contributed by atoms with E-state index in [2.05, 4.69) is 10.3 Å². The van der Waals surface area contributed by atoms with Crippen molar-refractivity contribution in [3.05, 3.63) is 66.5 Å². The molecule has 3 heterocycles. The third-order valence-corrected chi connectivity index (χ3v) is 5.42. The second kappa shape index (κ2) is 9.64. The predicted octanol–water partition coefficient (Wildman–Crippen LogP) is 4.93. The SMILES string of the molecule is CCCC(=O)N1CCC[C@H](c2nc(Nc3cccc(F)c3)cc(-c3ccncc3)n2)C1. The predicted molar refractivity (Wildman–Crippen MR) is 118 cm³/mol. The summed E-state index contributed by atoms with van der Waals surface area (Å²) < 4.78 is 13.6. The number of aromatic nitrogens is 3. The van der Waals surface area contributed by atoms with Crippen LogP contribution in [-0.4, -0.2) is 38.8 Å². The Hall–Kier alpha value is -3.35. The standard InChI is InChI=1S/C24H26FN5O/c1-2-5-23(31)30-13-4-6-18(16-30)24-28-21(17-9-11-26-12-10-17)15-22(29-24)27-20-8-3-7-19(25)14-20/h3,7-12,14-15,18H,2,4-6,13,16H2,1H3,(H,27,28,29)/t18-/m0/s1. The molecule has 7 heteroatoms. The summed E-state index contributed by atoms with van der Waals surface area (Å²) in [6.45, 7) is 3.43. The van der Waals surface area contributed by atoms with Gasteiger partial charge in [-0.2, -0.15) is 0 Å². The molecule has 4 rings (SSSR count). The highest BCUT2D eigenvalue weighted by molar-refractivity contribution is 5.76. The Labute approximate surface area is 181 Å². The van der Waals surface area contributed by atoms with Crippen LogP contribution >= 0.6 is 0 Å². The molecule has 1 saturated heterocycles. The Morgan fingerprint density at radius 2 is 2.03 bits per heavy atom. The van der Waals surface area contributed by atoms with Crippen molar-refractivity contribution in [3.8, 4) is 11.3 Å². The molecule has 1 fully saturated rings. The zero-order valence-corrected chi connectivity index (χ0v) is 17.6. The smallest absolute Gasteiger partial charge is 0.222 e. The van der Waals surface area contributed by atoms with Crippen molar-refractivity contribution in [2.45, 2.75) is 38.5 Å². The zero-order valence-electron chi connectivity index (χ0n) is 17.6. The zero-order chi connectivity index (χ0) is 21.6. The van der Waals surface area contributed by atoms with Gasteiger partial charge in [-0.3, -0.25) is 9.78 Å². The van der Waals surface area contributed by atoms with Gasteiger partial charge in [0.25, 0.3) is 0 Å². The van der Waals surface area contributed by atoms with Gasteiger partial charge >= 0.3 is 0 Å². The fourth-order valence-electron chi connectivity index (χ4n) is 3.88. The summed E-state index contributed by atoms with van der Waals surface area (Å²) in [5.41, 5.74) is 2.31. The summed E-state index contributed by atoms with van der Waals surface area (Å²) in [5.74, 6) is 1.23. The van der Waals surface area contributed by atoms with Gasteiger partial charge in [-0.05, 0) is 49.6 Å². The number of nitrogens with zero attached hydrogens (tertiary/aromatic N) is 4. The lowest BCUT2D eigenvalue weighted by Gasteiger charge is -2.32. The largest absolute Gasteiger partial charge is 0.342 e. The van der Waals surface area contributed by atoms with Crippen molar-refractivity contribution in [1.82, 2.24) is 19.9 Å². The number of anilines is 2. The molecule has 0 saturated carbocycles. The van der Waals surface area contributed by atoms with Gasteiger partial charge in [0, 0.05) is 55.1 Å². The molecular formula is C24H26FN5O. The van der Waals surface area contributed by atoms with Gasteiger partial charge in [-0.25, -0.2) is 14.4 Å². The molecule has 1 atom stereocenters. The number of benzene rings is 1. The van der Waals surface area contributed by atoms with E-state index in [0.29, 0.717) is 30.3 Å². The molecule has 6 nitrogen and oxygen atoms in total. The van der Waals surface area contributed by atoms with Crippen LogP contribution in [0, 0.1) is 5.82 Å². The summed E-state index contributed by atoms with van der Waals surface area (Å²) in [5, 5.41) is 3.20. The molecule has 1 aromatic carbocycles. The Balaban J connectivity index is 1.67. The molecular weight excluding hydrogens is 393 g/mol. The highest BCUT2D eigenvalue weighted by Gasteiger charge is 2.27. The van der Waals surface area contributed by atoms with Crippen LogP contribution < -0.4 is 5.32 Å². The fraction of sp³-hybridized carbons (Fsp3) is 0.333. The van der Waals surface area contributed by atoms with Crippen LogP contribution in [0.25, 0.3) is 11.3 Å². The molecule has 0 unspecified atom stereocenters. The van der Waals surface area contributed by atoms with E-state index < -0.39 is 0 Å². The van der Waals surface area contributed by atoms with Gasteiger partial charge in [0.2, 0.25) is 5.91 Å². The molecule has 2 aromatic heterocycles. The van der Waals surface area contributed by atoms with Gasteiger partial charge in [-0.1, -0.05) is 13.0 Å². The quantitative estimate of drug-likeness (QED) is 0.614. The summed E-state index contributed by atoms with van der Waals surface area (Å²) >= 11 is 0. The van der Waals surface area contributed by atoms with Crippen LogP contribution in [0.3, 0.4) is 0 Å². The number of piperidine rings is 1. The first-order valence-corrected chi connectivity index (χ1v) is 10.7. The summed E-state index contributed by atoms with van der Waals surface area (Å²) in [6.07, 6.45) is 6.71. The lowest BCUT2D eigenvalue weighted by atomic mass is 9.96. The van der Waals surface area contributed by atoms with Crippen molar-refractivity contribution < 1.29 is 9.18 Å². The van der Waals surface area contributed by atoms with Crippen molar-refractivity contribution in [1.29, 1.82) is 0 Å². The molecule has 1 aliphatic rings. The number of rotatable bonds is 6. The topological polar surface area (TPSA) is 71.0 Å². The highest BCUT2D eigenvalue weighted by Crippen LogP contribution is 2.29. The van der Waals surface area contributed by atoms with E-state index in [-0.39, 0.29) is 17.6 Å². The van der Waals surface area contributed by atoms with E-state index in [4.69, 9.17) is 9.97 Å². The van der Waals surface area contributed by atoms with Crippen LogP contribution in [0.2, 0.25) is 0 Å². The molecule has 1 aliphatic heterocycles. The van der Waals surface area contributed by atoms with E-state index in [0.717, 1.165) is 37.1 Å². The first-order chi connectivity index (χ1) is 15.1. The van der Waals surface area contributed by atoms with Gasteiger partial charge in [0.05, 0.1) is 5.69 Å². The number of likely N-dealkylation sites (tertiary alicyclic amines) is 1. The highest BCUT2D eigenvalue weighted by atomic mass is 19.1. The number of hydrogen-bond acceptors (Lipinski definition) is 5. The van der Waals surface area contributed by atoms with Crippen LogP contribution in [-0.2, 0) is 4.79 Å². The maximum atomic E-state index is 13.6. The third-order valence-electron chi connectivity index (χ3n) is 5.42. The number of pyridine rings is 1. The second-order valence-electron chi connectivity index (χ2n) is 7.80. The van der Waals surface area contributed by atoms with Crippen LogP contribution in [0.5, 0.6) is 0 Å². The van der Waals surface area contributed by atoms with Crippen molar-refractivity contribution in [2.24, 2.45) is 0 Å². The van der Waals surface area contributed by atoms with Crippen LogP contribution in [0.1, 0.15) is 44.3 Å². The Morgan fingerprint density at radius 1 is 1.19 bits per heavy atom. The van der Waals surface area contributed by atoms with Gasteiger partial charge < -0.3 is 10.2 Å². The van der Waals surface area contributed by atoms with Gasteiger partial charge in [0.15, 0.2) is 0 Å². The minimum atomic E-state index is -0.314. The minimum absolute atomic E-state index is 0.0596. The molecule has 0 aliphatic carbocycles. The number of amides is 1. The number of carbonyl (C=O) groups excluding carboxylic acids is 1. The number of carbonyl (C=O) groups is 1. The number of halogens is 1. The maximum absolute atomic E-state index is 13.6. The number of hydrogen-bond donors (Lipinski definition) is 1. The molecule has 0 bridgehead atoms. The molecule has 0 radical (unpaired) electrons.